The van der Waals surface area contributed by atoms with E-state index in [9.17, 15) is 18.0 Å². The van der Waals surface area contributed by atoms with Crippen molar-refractivity contribution in [2.45, 2.75) is 6.18 Å². The third-order valence-corrected chi connectivity index (χ3v) is 1.03. The van der Waals surface area contributed by atoms with Gasteiger partial charge < -0.3 is 4.42 Å². The van der Waals surface area contributed by atoms with Gasteiger partial charge in [0.05, 0.1) is 11.8 Å². The Morgan fingerprint density at radius 1 is 1.36 bits per heavy atom. The van der Waals surface area contributed by atoms with Gasteiger partial charge in [0.25, 0.3) is 0 Å². The first-order chi connectivity index (χ1) is 5.00. The molecule has 0 aliphatic rings. The van der Waals surface area contributed by atoms with Crippen molar-refractivity contribution in [3.8, 4) is 0 Å². The van der Waals surface area contributed by atoms with Crippen LogP contribution in [-0.2, 0) is 6.18 Å². The first-order valence-corrected chi connectivity index (χ1v) is 2.66. The summed E-state index contributed by atoms with van der Waals surface area (Å²) in [6.07, 6.45) is -3.76. The van der Waals surface area contributed by atoms with Crippen molar-refractivity contribution in [2.75, 3.05) is 0 Å². The third-order valence-electron chi connectivity index (χ3n) is 1.03. The largest absolute Gasteiger partial charge is 0.431 e. The van der Waals surface area contributed by atoms with E-state index in [-0.39, 0.29) is 0 Å². The molecule has 0 aromatic carbocycles. The van der Waals surface area contributed by atoms with Crippen LogP contribution in [0.1, 0.15) is 5.56 Å². The summed E-state index contributed by atoms with van der Waals surface area (Å²) in [4.78, 5) is 10.3. The SMILES string of the molecule is O=c1cc(C(F)(F)F)cco1. The minimum atomic E-state index is -4.48. The van der Waals surface area contributed by atoms with E-state index in [0.29, 0.717) is 18.4 Å². The molecule has 1 rings (SSSR count). The third kappa shape index (κ3) is 1.83. The van der Waals surface area contributed by atoms with Crippen molar-refractivity contribution < 1.29 is 17.6 Å². The summed E-state index contributed by atoms with van der Waals surface area (Å²) in [5.74, 6) is 0. The van der Waals surface area contributed by atoms with Crippen LogP contribution < -0.4 is 5.63 Å². The summed E-state index contributed by atoms with van der Waals surface area (Å²) in [6.45, 7) is 0. The van der Waals surface area contributed by atoms with Gasteiger partial charge in [-0.15, -0.1) is 0 Å². The van der Waals surface area contributed by atoms with E-state index in [4.69, 9.17) is 0 Å². The maximum atomic E-state index is 11.8. The zero-order chi connectivity index (χ0) is 8.48. The van der Waals surface area contributed by atoms with Crippen LogP contribution >= 0.6 is 0 Å². The predicted molar refractivity (Wildman–Crippen MR) is 30.0 cm³/mol. The highest BCUT2D eigenvalue weighted by Gasteiger charge is 2.30. The van der Waals surface area contributed by atoms with Gasteiger partial charge in [0, 0.05) is 6.07 Å². The lowest BCUT2D eigenvalue weighted by molar-refractivity contribution is -0.138. The van der Waals surface area contributed by atoms with Crippen molar-refractivity contribution in [3.63, 3.8) is 0 Å². The fourth-order valence-corrected chi connectivity index (χ4v) is 0.560. The van der Waals surface area contributed by atoms with Crippen LogP contribution in [0.25, 0.3) is 0 Å². The topological polar surface area (TPSA) is 30.2 Å². The van der Waals surface area contributed by atoms with Gasteiger partial charge in [-0.2, -0.15) is 13.2 Å². The zero-order valence-corrected chi connectivity index (χ0v) is 5.18. The second-order valence-electron chi connectivity index (χ2n) is 1.84. The fraction of sp³-hybridized carbons (Fsp3) is 0.167. The van der Waals surface area contributed by atoms with Crippen molar-refractivity contribution in [2.24, 2.45) is 0 Å². The maximum absolute atomic E-state index is 11.8. The van der Waals surface area contributed by atoms with E-state index in [1.54, 1.807) is 0 Å². The molecule has 1 aromatic heterocycles. The summed E-state index contributed by atoms with van der Waals surface area (Å²) in [7, 11) is 0. The minimum Gasteiger partial charge on any atom is -0.431 e. The molecule has 11 heavy (non-hydrogen) atoms. The maximum Gasteiger partial charge on any atom is 0.416 e. The molecule has 0 saturated carbocycles. The molecule has 0 spiro atoms. The summed E-state index contributed by atoms with van der Waals surface area (Å²) in [5.41, 5.74) is -1.99. The molecule has 1 heterocycles. The van der Waals surface area contributed by atoms with Crippen LogP contribution in [0.15, 0.2) is 27.6 Å². The van der Waals surface area contributed by atoms with Crippen LogP contribution in [0.3, 0.4) is 0 Å². The molecular weight excluding hydrogens is 161 g/mol. The van der Waals surface area contributed by atoms with E-state index in [1.165, 1.54) is 0 Å². The monoisotopic (exact) mass is 164 g/mol. The van der Waals surface area contributed by atoms with Gasteiger partial charge in [-0.1, -0.05) is 0 Å². The van der Waals surface area contributed by atoms with E-state index in [2.05, 4.69) is 4.42 Å². The predicted octanol–water partition coefficient (Wildman–Crippen LogP) is 1.66. The molecule has 1 aromatic rings. The second kappa shape index (κ2) is 2.41. The van der Waals surface area contributed by atoms with Crippen LogP contribution in [0, 0.1) is 0 Å². The molecule has 0 unspecified atom stereocenters. The van der Waals surface area contributed by atoms with Crippen LogP contribution in [-0.4, -0.2) is 0 Å². The van der Waals surface area contributed by atoms with E-state index in [1.807, 2.05) is 0 Å². The highest BCUT2D eigenvalue weighted by Crippen LogP contribution is 2.27. The van der Waals surface area contributed by atoms with Crippen molar-refractivity contribution in [1.82, 2.24) is 0 Å². The molecule has 0 amide bonds. The first-order valence-electron chi connectivity index (χ1n) is 2.66. The molecule has 0 N–H and O–H groups in total. The summed E-state index contributed by atoms with van der Waals surface area (Å²) in [6, 6.07) is 1.10. The smallest absolute Gasteiger partial charge is 0.416 e. The molecule has 2 nitrogen and oxygen atoms in total. The lowest BCUT2D eigenvalue weighted by atomic mass is 10.3. The van der Waals surface area contributed by atoms with Gasteiger partial charge in [-0.3, -0.25) is 0 Å². The average molecular weight is 164 g/mol. The van der Waals surface area contributed by atoms with Crippen LogP contribution in [0.2, 0.25) is 0 Å². The Morgan fingerprint density at radius 3 is 2.36 bits per heavy atom. The van der Waals surface area contributed by atoms with Crippen molar-refractivity contribution in [1.29, 1.82) is 0 Å². The highest BCUT2D eigenvalue weighted by molar-refractivity contribution is 5.11. The molecule has 0 saturated heterocycles. The summed E-state index contributed by atoms with van der Waals surface area (Å²) in [5, 5.41) is 0. The molecule has 0 aliphatic carbocycles. The van der Waals surface area contributed by atoms with E-state index >= 15 is 0 Å². The molecule has 0 aliphatic heterocycles. The lowest BCUT2D eigenvalue weighted by Crippen LogP contribution is -2.08. The number of hydrogen-bond acceptors (Lipinski definition) is 2. The Kier molecular flexibility index (Phi) is 1.72. The standard InChI is InChI=1S/C6H3F3O2/c7-6(8,9)4-1-2-11-5(10)3-4/h1-3H. The van der Waals surface area contributed by atoms with Gasteiger partial charge in [-0.25, -0.2) is 4.79 Å². The lowest BCUT2D eigenvalue weighted by Gasteiger charge is -2.02. The molecule has 0 bridgehead atoms. The minimum absolute atomic E-state index is 0.403. The number of hydrogen-bond donors (Lipinski definition) is 0. The zero-order valence-electron chi connectivity index (χ0n) is 5.18. The number of rotatable bonds is 0. The summed E-state index contributed by atoms with van der Waals surface area (Å²) < 4.78 is 39.5. The van der Waals surface area contributed by atoms with Crippen LogP contribution in [0.5, 0.6) is 0 Å². The average Bonchev–Trinajstić information content (AvgIpc) is 1.86. The molecule has 5 heteroatoms. The Bertz CT molecular complexity index is 299. The Morgan fingerprint density at radius 2 is 2.00 bits per heavy atom. The van der Waals surface area contributed by atoms with Gasteiger partial charge in [-0.05, 0) is 6.07 Å². The molecule has 0 fully saturated rings. The van der Waals surface area contributed by atoms with Gasteiger partial charge >= 0.3 is 11.8 Å². The first kappa shape index (κ1) is 7.84. The normalized spacial score (nSPS) is 11.5. The molecule has 0 atom stereocenters. The number of halogens is 3. The van der Waals surface area contributed by atoms with Crippen LogP contribution in [0.4, 0.5) is 13.2 Å². The number of alkyl halides is 3. The summed E-state index contributed by atoms with van der Waals surface area (Å²) >= 11 is 0. The second-order valence-corrected chi connectivity index (χ2v) is 1.84. The van der Waals surface area contributed by atoms with Gasteiger partial charge in [0.15, 0.2) is 0 Å². The quantitative estimate of drug-likeness (QED) is 0.583. The molecule has 60 valence electrons. The van der Waals surface area contributed by atoms with Crippen molar-refractivity contribution >= 4 is 0 Å². The molecule has 0 radical (unpaired) electrons. The van der Waals surface area contributed by atoms with Gasteiger partial charge in [0.1, 0.15) is 0 Å². The van der Waals surface area contributed by atoms with Crippen molar-refractivity contribution in [3.05, 3.63) is 34.4 Å². The van der Waals surface area contributed by atoms with Gasteiger partial charge in [0.2, 0.25) is 0 Å². The molecular formula is C6H3F3O2. The van der Waals surface area contributed by atoms with E-state index in [0.717, 1.165) is 0 Å². The Labute approximate surface area is 59.3 Å². The fourth-order valence-electron chi connectivity index (χ4n) is 0.560. The Hall–Kier alpha value is -1.26. The Balaban J connectivity index is 3.16. The van der Waals surface area contributed by atoms with E-state index < -0.39 is 17.4 Å². The highest BCUT2D eigenvalue weighted by atomic mass is 19.4.